The first kappa shape index (κ1) is 12.4. The Labute approximate surface area is 107 Å². The van der Waals surface area contributed by atoms with E-state index in [1.165, 1.54) is 12.7 Å². The third kappa shape index (κ3) is 2.80. The molecular formula is C12H19ClN4. The molecule has 94 valence electrons. The van der Waals surface area contributed by atoms with Crippen LogP contribution in [0.2, 0.25) is 5.02 Å². The summed E-state index contributed by atoms with van der Waals surface area (Å²) >= 11 is 6.16. The first-order chi connectivity index (χ1) is 7.99. The quantitative estimate of drug-likeness (QED) is 0.837. The number of anilines is 2. The van der Waals surface area contributed by atoms with Gasteiger partial charge in [0.05, 0.1) is 0 Å². The Bertz CT molecular complexity index is 405. The summed E-state index contributed by atoms with van der Waals surface area (Å²) in [5, 5.41) is 0.479. The largest absolute Gasteiger partial charge is 0.382 e. The topological polar surface area (TPSA) is 55.0 Å². The molecule has 0 spiro atoms. The zero-order valence-corrected chi connectivity index (χ0v) is 11.2. The Morgan fingerprint density at radius 3 is 2.82 bits per heavy atom. The highest BCUT2D eigenvalue weighted by atomic mass is 35.5. The van der Waals surface area contributed by atoms with Crippen molar-refractivity contribution in [1.82, 2.24) is 9.97 Å². The molecule has 0 atom stereocenters. The van der Waals surface area contributed by atoms with Crippen LogP contribution in [0.5, 0.6) is 0 Å². The van der Waals surface area contributed by atoms with E-state index in [1.54, 1.807) is 0 Å². The number of halogens is 1. The molecule has 0 bridgehead atoms. The molecule has 0 amide bonds. The highest BCUT2D eigenvalue weighted by Crippen LogP contribution is 2.34. The highest BCUT2D eigenvalue weighted by Gasteiger charge is 2.25. The van der Waals surface area contributed by atoms with Gasteiger partial charge in [-0.2, -0.15) is 0 Å². The minimum atomic E-state index is 0.361. The first-order valence-corrected chi connectivity index (χ1v) is 6.38. The number of hydrogen-bond acceptors (Lipinski definition) is 4. The van der Waals surface area contributed by atoms with Crippen LogP contribution in [0.15, 0.2) is 6.33 Å². The summed E-state index contributed by atoms with van der Waals surface area (Å²) in [4.78, 5) is 10.4. The molecule has 1 aliphatic rings. The third-order valence-electron chi connectivity index (χ3n) is 3.44. The van der Waals surface area contributed by atoms with Gasteiger partial charge in [-0.3, -0.25) is 0 Å². The fraction of sp³-hybridized carbons (Fsp3) is 0.667. The molecule has 0 unspecified atom stereocenters. The Morgan fingerprint density at radius 2 is 2.06 bits per heavy atom. The molecule has 1 fully saturated rings. The van der Waals surface area contributed by atoms with Gasteiger partial charge in [0.25, 0.3) is 0 Å². The van der Waals surface area contributed by atoms with Crippen LogP contribution in [0, 0.1) is 5.41 Å². The second kappa shape index (κ2) is 4.69. The summed E-state index contributed by atoms with van der Waals surface area (Å²) < 4.78 is 0. The lowest BCUT2D eigenvalue weighted by Gasteiger charge is -2.24. The van der Waals surface area contributed by atoms with Crippen molar-refractivity contribution < 1.29 is 0 Å². The van der Waals surface area contributed by atoms with E-state index in [-0.39, 0.29) is 0 Å². The Kier molecular flexibility index (Phi) is 3.43. The maximum absolute atomic E-state index is 6.16. The van der Waals surface area contributed by atoms with Crippen LogP contribution in [-0.4, -0.2) is 23.1 Å². The predicted molar refractivity (Wildman–Crippen MR) is 71.3 cm³/mol. The van der Waals surface area contributed by atoms with E-state index in [0.29, 0.717) is 16.3 Å². The summed E-state index contributed by atoms with van der Waals surface area (Å²) in [6.45, 7) is 6.58. The minimum absolute atomic E-state index is 0.361. The number of hydrogen-bond donors (Lipinski definition) is 1. The van der Waals surface area contributed by atoms with E-state index in [2.05, 4.69) is 28.7 Å². The number of nitrogens with two attached hydrogens (primary N) is 1. The Morgan fingerprint density at radius 1 is 1.29 bits per heavy atom. The molecule has 5 heteroatoms. The summed E-state index contributed by atoms with van der Waals surface area (Å²) in [5.41, 5.74) is 6.11. The molecule has 0 aliphatic carbocycles. The van der Waals surface area contributed by atoms with Crippen molar-refractivity contribution in [1.29, 1.82) is 0 Å². The fourth-order valence-corrected chi connectivity index (χ4v) is 2.45. The molecule has 0 radical (unpaired) electrons. The van der Waals surface area contributed by atoms with Crippen LogP contribution >= 0.6 is 11.6 Å². The summed E-state index contributed by atoms with van der Waals surface area (Å²) in [5.74, 6) is 1.14. The molecule has 4 nitrogen and oxygen atoms in total. The lowest BCUT2D eigenvalue weighted by atomic mass is 9.85. The first-order valence-electron chi connectivity index (χ1n) is 6.00. The fourth-order valence-electron chi connectivity index (χ4n) is 2.23. The van der Waals surface area contributed by atoms with Gasteiger partial charge < -0.3 is 10.6 Å². The molecule has 2 N–H and O–H groups in total. The molecule has 1 aromatic heterocycles. The Balaban J connectivity index is 2.20. The maximum atomic E-state index is 6.16. The molecule has 2 heterocycles. The van der Waals surface area contributed by atoms with Crippen LogP contribution in [-0.2, 0) is 0 Å². The van der Waals surface area contributed by atoms with Crippen molar-refractivity contribution in [3.05, 3.63) is 11.3 Å². The van der Waals surface area contributed by atoms with E-state index in [9.17, 15) is 0 Å². The zero-order valence-electron chi connectivity index (χ0n) is 10.4. The van der Waals surface area contributed by atoms with E-state index >= 15 is 0 Å². The van der Waals surface area contributed by atoms with Crippen molar-refractivity contribution in [3.8, 4) is 0 Å². The highest BCUT2D eigenvalue weighted by molar-refractivity contribution is 6.35. The van der Waals surface area contributed by atoms with Gasteiger partial charge >= 0.3 is 0 Å². The zero-order chi connectivity index (χ0) is 12.5. The summed E-state index contributed by atoms with van der Waals surface area (Å²) in [6, 6.07) is 0. The van der Waals surface area contributed by atoms with E-state index in [0.717, 1.165) is 31.7 Å². The van der Waals surface area contributed by atoms with Crippen molar-refractivity contribution in [2.75, 3.05) is 23.7 Å². The third-order valence-corrected chi connectivity index (χ3v) is 3.80. The lowest BCUT2D eigenvalue weighted by molar-refractivity contribution is 0.325. The Hall–Kier alpha value is -1.03. The van der Waals surface area contributed by atoms with E-state index < -0.39 is 0 Å². The van der Waals surface area contributed by atoms with E-state index in [1.807, 2.05) is 0 Å². The number of aromatic nitrogens is 2. The molecule has 1 aromatic rings. The minimum Gasteiger partial charge on any atom is -0.382 e. The van der Waals surface area contributed by atoms with Gasteiger partial charge in [-0.25, -0.2) is 9.97 Å². The van der Waals surface area contributed by atoms with Gasteiger partial charge in [0.2, 0.25) is 0 Å². The van der Waals surface area contributed by atoms with Crippen LogP contribution in [0.25, 0.3) is 0 Å². The smallest absolute Gasteiger partial charge is 0.153 e. The monoisotopic (exact) mass is 254 g/mol. The normalized spacial score (nSPS) is 20.1. The van der Waals surface area contributed by atoms with Crippen molar-refractivity contribution >= 4 is 23.2 Å². The predicted octanol–water partition coefficient (Wildman–Crippen LogP) is 2.73. The second-order valence-electron chi connectivity index (χ2n) is 5.40. The van der Waals surface area contributed by atoms with Crippen LogP contribution in [0.1, 0.15) is 33.1 Å². The number of nitrogens with zero attached hydrogens (tertiary/aromatic N) is 3. The number of rotatable bonds is 1. The average Bonchev–Trinajstić information content (AvgIpc) is 2.44. The lowest BCUT2D eigenvalue weighted by Crippen LogP contribution is -2.26. The molecule has 0 aromatic carbocycles. The molecule has 1 saturated heterocycles. The van der Waals surface area contributed by atoms with Gasteiger partial charge in [0, 0.05) is 13.1 Å². The molecule has 2 rings (SSSR count). The van der Waals surface area contributed by atoms with Gasteiger partial charge in [-0.05, 0) is 24.7 Å². The molecule has 0 saturated carbocycles. The van der Waals surface area contributed by atoms with Crippen LogP contribution in [0.4, 0.5) is 11.6 Å². The van der Waals surface area contributed by atoms with Crippen molar-refractivity contribution in [2.24, 2.45) is 5.41 Å². The maximum Gasteiger partial charge on any atom is 0.153 e. The molecular weight excluding hydrogens is 236 g/mol. The van der Waals surface area contributed by atoms with Gasteiger partial charge in [0.15, 0.2) is 5.82 Å². The summed E-state index contributed by atoms with van der Waals surface area (Å²) in [7, 11) is 0. The molecule has 17 heavy (non-hydrogen) atoms. The van der Waals surface area contributed by atoms with Crippen molar-refractivity contribution in [3.63, 3.8) is 0 Å². The van der Waals surface area contributed by atoms with Gasteiger partial charge in [-0.1, -0.05) is 25.4 Å². The van der Waals surface area contributed by atoms with E-state index in [4.69, 9.17) is 17.3 Å². The number of nitrogen functional groups attached to an aromatic ring is 1. The second-order valence-corrected chi connectivity index (χ2v) is 5.78. The van der Waals surface area contributed by atoms with Crippen LogP contribution in [0.3, 0.4) is 0 Å². The van der Waals surface area contributed by atoms with Gasteiger partial charge in [-0.15, -0.1) is 0 Å². The van der Waals surface area contributed by atoms with Gasteiger partial charge in [0.1, 0.15) is 17.2 Å². The molecule has 1 aliphatic heterocycles. The standard InChI is InChI=1S/C12H19ClN4/c1-12(2)4-3-6-17(7-5-12)11-9(13)10(14)15-8-16-11/h8H,3-7H2,1-2H3,(H2,14,15,16). The average molecular weight is 255 g/mol. The van der Waals surface area contributed by atoms with Crippen LogP contribution < -0.4 is 10.6 Å². The summed E-state index contributed by atoms with van der Waals surface area (Å²) in [6.07, 6.45) is 5.02. The SMILES string of the molecule is CC1(C)CCCN(c2ncnc(N)c2Cl)CC1. The van der Waals surface area contributed by atoms with Crippen molar-refractivity contribution in [2.45, 2.75) is 33.1 Å².